The van der Waals surface area contributed by atoms with Gasteiger partial charge in [-0.15, -0.1) is 11.3 Å². The number of ether oxygens (including phenoxy) is 2. The number of carbonyl (C=O) groups is 1. The zero-order valence-corrected chi connectivity index (χ0v) is 18.2. The van der Waals surface area contributed by atoms with E-state index in [4.69, 9.17) is 9.47 Å². The third-order valence-electron chi connectivity index (χ3n) is 5.64. The molecule has 158 valence electrons. The molecule has 1 N–H and O–H groups in total. The number of amides is 1. The van der Waals surface area contributed by atoms with E-state index in [-0.39, 0.29) is 17.5 Å². The van der Waals surface area contributed by atoms with Crippen molar-refractivity contribution in [3.05, 3.63) is 45.3 Å². The summed E-state index contributed by atoms with van der Waals surface area (Å²) in [6.45, 7) is 1.85. The monoisotopic (exact) mass is 427 g/mol. The summed E-state index contributed by atoms with van der Waals surface area (Å²) >= 11 is 1.33. The summed E-state index contributed by atoms with van der Waals surface area (Å²) < 4.78 is 12.8. The summed E-state index contributed by atoms with van der Waals surface area (Å²) in [5, 5.41) is 2.88. The predicted octanol–water partition coefficient (Wildman–Crippen LogP) is 4.54. The average Bonchev–Trinajstić information content (AvgIpc) is 3.11. The summed E-state index contributed by atoms with van der Waals surface area (Å²) in [4.78, 5) is 31.4. The van der Waals surface area contributed by atoms with Crippen LogP contribution in [0.1, 0.15) is 53.4 Å². The standard InChI is InChI=1S/C22H25N3O4S/c1-13-18(21(26)24-14-9-10-16(28-2)17(11-14)29-3)19-20(30-13)22(27)25(12-23-19)15-7-5-4-6-8-15/h9-12,15H,4-8H2,1-3H3,(H,24,26). The van der Waals surface area contributed by atoms with Crippen LogP contribution in [0, 0.1) is 6.92 Å². The first-order valence-electron chi connectivity index (χ1n) is 10.1. The van der Waals surface area contributed by atoms with Crippen LogP contribution >= 0.6 is 11.3 Å². The van der Waals surface area contributed by atoms with Crippen LogP contribution in [0.25, 0.3) is 10.2 Å². The number of benzene rings is 1. The van der Waals surface area contributed by atoms with Gasteiger partial charge in [0.1, 0.15) is 10.2 Å². The molecule has 0 atom stereocenters. The highest BCUT2D eigenvalue weighted by Gasteiger charge is 2.23. The number of aromatic nitrogens is 2. The summed E-state index contributed by atoms with van der Waals surface area (Å²) in [7, 11) is 3.10. The van der Waals surface area contributed by atoms with Crippen LogP contribution in [0.15, 0.2) is 29.3 Å². The molecule has 0 saturated heterocycles. The first-order valence-corrected chi connectivity index (χ1v) is 10.9. The number of hydrogen-bond donors (Lipinski definition) is 1. The molecule has 1 saturated carbocycles. The average molecular weight is 428 g/mol. The van der Waals surface area contributed by atoms with Gasteiger partial charge in [-0.05, 0) is 31.9 Å². The van der Waals surface area contributed by atoms with E-state index >= 15 is 0 Å². The fourth-order valence-electron chi connectivity index (χ4n) is 4.08. The van der Waals surface area contributed by atoms with E-state index in [1.807, 2.05) is 6.92 Å². The van der Waals surface area contributed by atoms with Gasteiger partial charge in [0.2, 0.25) is 0 Å². The largest absolute Gasteiger partial charge is 0.493 e. The SMILES string of the molecule is COc1ccc(NC(=O)c2c(C)sc3c(=O)n(C4CCCCC4)cnc23)cc1OC. The van der Waals surface area contributed by atoms with Crippen LogP contribution in [-0.2, 0) is 0 Å². The van der Waals surface area contributed by atoms with Crippen molar-refractivity contribution in [2.24, 2.45) is 0 Å². The first kappa shape index (κ1) is 20.4. The highest BCUT2D eigenvalue weighted by molar-refractivity contribution is 7.19. The second-order valence-corrected chi connectivity index (χ2v) is 8.71. The zero-order valence-electron chi connectivity index (χ0n) is 17.4. The Morgan fingerprint density at radius 1 is 1.17 bits per heavy atom. The van der Waals surface area contributed by atoms with Crippen molar-refractivity contribution in [3.63, 3.8) is 0 Å². The maximum atomic E-state index is 13.1. The van der Waals surface area contributed by atoms with Crippen molar-refractivity contribution < 1.29 is 14.3 Å². The van der Waals surface area contributed by atoms with E-state index in [0.29, 0.717) is 33.0 Å². The molecule has 2 aromatic heterocycles. The van der Waals surface area contributed by atoms with Crippen molar-refractivity contribution >= 4 is 33.1 Å². The Morgan fingerprint density at radius 3 is 2.60 bits per heavy atom. The number of nitrogens with zero attached hydrogens (tertiary/aromatic N) is 2. The molecule has 0 radical (unpaired) electrons. The lowest BCUT2D eigenvalue weighted by Crippen LogP contribution is -2.26. The summed E-state index contributed by atoms with van der Waals surface area (Å²) in [5.41, 5.74) is 1.43. The molecule has 4 rings (SSSR count). The van der Waals surface area contributed by atoms with E-state index < -0.39 is 0 Å². The number of aryl methyl sites for hydroxylation is 1. The number of rotatable bonds is 5. The molecule has 0 unspecified atom stereocenters. The lowest BCUT2D eigenvalue weighted by Gasteiger charge is -2.23. The van der Waals surface area contributed by atoms with Crippen LogP contribution in [0.4, 0.5) is 5.69 Å². The van der Waals surface area contributed by atoms with Crippen LogP contribution in [-0.4, -0.2) is 29.7 Å². The number of carbonyl (C=O) groups excluding carboxylic acids is 1. The van der Waals surface area contributed by atoms with Crippen LogP contribution in [0.5, 0.6) is 11.5 Å². The van der Waals surface area contributed by atoms with Gasteiger partial charge in [-0.2, -0.15) is 0 Å². The van der Waals surface area contributed by atoms with Gasteiger partial charge in [0.25, 0.3) is 11.5 Å². The Hall–Kier alpha value is -2.87. The molecular weight excluding hydrogens is 402 g/mol. The van der Waals surface area contributed by atoms with Crippen LogP contribution in [0.3, 0.4) is 0 Å². The molecule has 0 bridgehead atoms. The third kappa shape index (κ3) is 3.67. The summed E-state index contributed by atoms with van der Waals surface area (Å²) in [6, 6.07) is 5.37. The molecule has 0 spiro atoms. The minimum Gasteiger partial charge on any atom is -0.493 e. The first-order chi connectivity index (χ1) is 14.5. The molecule has 3 aromatic rings. The van der Waals surface area contributed by atoms with Gasteiger partial charge in [0, 0.05) is 22.7 Å². The van der Waals surface area contributed by atoms with Crippen LogP contribution < -0.4 is 20.3 Å². The van der Waals surface area contributed by atoms with Crippen molar-refractivity contribution in [2.45, 2.75) is 45.1 Å². The van der Waals surface area contributed by atoms with E-state index in [1.165, 1.54) is 17.8 Å². The molecule has 1 aliphatic rings. The minimum absolute atomic E-state index is 0.0508. The molecule has 7 nitrogen and oxygen atoms in total. The summed E-state index contributed by atoms with van der Waals surface area (Å²) in [5.74, 6) is 0.807. The molecule has 0 aliphatic heterocycles. The van der Waals surface area contributed by atoms with Gasteiger partial charge in [-0.25, -0.2) is 4.98 Å². The Labute approximate surface area is 178 Å². The molecule has 8 heteroatoms. The third-order valence-corrected chi connectivity index (χ3v) is 6.72. The van der Waals surface area contributed by atoms with Gasteiger partial charge in [-0.1, -0.05) is 19.3 Å². The highest BCUT2D eigenvalue weighted by Crippen LogP contribution is 2.32. The van der Waals surface area contributed by atoms with Crippen molar-refractivity contribution in [1.29, 1.82) is 0 Å². The fourth-order valence-corrected chi connectivity index (χ4v) is 5.13. The number of methoxy groups -OCH3 is 2. The van der Waals surface area contributed by atoms with E-state index in [0.717, 1.165) is 30.6 Å². The molecule has 1 aliphatic carbocycles. The van der Waals surface area contributed by atoms with E-state index in [9.17, 15) is 9.59 Å². The predicted molar refractivity (Wildman–Crippen MR) is 118 cm³/mol. The van der Waals surface area contributed by atoms with Crippen LogP contribution in [0.2, 0.25) is 0 Å². The Kier molecular flexibility index (Phi) is 5.76. The molecular formula is C22H25N3O4S. The van der Waals surface area contributed by atoms with Gasteiger partial charge in [-0.3, -0.25) is 14.2 Å². The second kappa shape index (κ2) is 8.47. The van der Waals surface area contributed by atoms with Gasteiger partial charge < -0.3 is 14.8 Å². The molecule has 1 amide bonds. The quantitative estimate of drug-likeness (QED) is 0.646. The number of anilines is 1. The van der Waals surface area contributed by atoms with Gasteiger partial charge >= 0.3 is 0 Å². The number of fused-ring (bicyclic) bond motifs is 1. The van der Waals surface area contributed by atoms with Gasteiger partial charge in [0.05, 0.1) is 26.1 Å². The van der Waals surface area contributed by atoms with E-state index in [1.54, 1.807) is 43.3 Å². The lowest BCUT2D eigenvalue weighted by atomic mass is 9.95. The van der Waals surface area contributed by atoms with Gasteiger partial charge in [0.15, 0.2) is 11.5 Å². The number of thiophene rings is 1. The molecule has 2 heterocycles. The smallest absolute Gasteiger partial charge is 0.271 e. The Morgan fingerprint density at radius 2 is 1.90 bits per heavy atom. The molecule has 1 fully saturated rings. The second-order valence-electron chi connectivity index (χ2n) is 7.48. The Balaban J connectivity index is 1.67. The van der Waals surface area contributed by atoms with Crippen molar-refractivity contribution in [2.75, 3.05) is 19.5 Å². The summed E-state index contributed by atoms with van der Waals surface area (Å²) in [6.07, 6.45) is 7.11. The number of nitrogens with one attached hydrogen (secondary N) is 1. The normalized spacial score (nSPS) is 14.6. The molecule has 1 aromatic carbocycles. The lowest BCUT2D eigenvalue weighted by molar-refractivity contribution is 0.102. The zero-order chi connectivity index (χ0) is 21.3. The topological polar surface area (TPSA) is 82.5 Å². The fraction of sp³-hybridized carbons (Fsp3) is 0.409. The minimum atomic E-state index is -0.298. The van der Waals surface area contributed by atoms with E-state index in [2.05, 4.69) is 10.3 Å². The van der Waals surface area contributed by atoms with Crippen molar-refractivity contribution in [1.82, 2.24) is 9.55 Å². The highest BCUT2D eigenvalue weighted by atomic mass is 32.1. The maximum absolute atomic E-state index is 13.1. The Bertz CT molecular complexity index is 1150. The number of hydrogen-bond acceptors (Lipinski definition) is 6. The maximum Gasteiger partial charge on any atom is 0.271 e. The molecule has 30 heavy (non-hydrogen) atoms. The van der Waals surface area contributed by atoms with Crippen molar-refractivity contribution in [3.8, 4) is 11.5 Å².